The van der Waals surface area contributed by atoms with Gasteiger partial charge >= 0.3 is 0 Å². The lowest BCUT2D eigenvalue weighted by Gasteiger charge is -2.17. The van der Waals surface area contributed by atoms with Crippen molar-refractivity contribution < 1.29 is 14.6 Å². The van der Waals surface area contributed by atoms with Crippen LogP contribution in [-0.4, -0.2) is 35.2 Å². The van der Waals surface area contributed by atoms with Crippen molar-refractivity contribution in [1.82, 2.24) is 9.78 Å². The lowest BCUT2D eigenvalue weighted by atomic mass is 10.1. The SMILES string of the molecule is CCCOCCC(O)c1c(OC)cnn1C(C)C. The third-order valence-corrected chi connectivity index (χ3v) is 2.71. The number of nitrogens with zero attached hydrogens (tertiary/aromatic N) is 2. The molecule has 0 saturated carbocycles. The fourth-order valence-corrected chi connectivity index (χ4v) is 1.82. The highest BCUT2D eigenvalue weighted by atomic mass is 16.5. The van der Waals surface area contributed by atoms with Crippen molar-refractivity contribution in [2.75, 3.05) is 20.3 Å². The molecular formula is C13H24N2O3. The largest absolute Gasteiger partial charge is 0.493 e. The number of aliphatic hydroxyl groups is 1. The Bertz CT molecular complexity index is 350. The Morgan fingerprint density at radius 1 is 1.39 bits per heavy atom. The Hall–Kier alpha value is -1.07. The topological polar surface area (TPSA) is 56.5 Å². The fraction of sp³-hybridized carbons (Fsp3) is 0.769. The second-order valence-electron chi connectivity index (χ2n) is 4.55. The van der Waals surface area contributed by atoms with Gasteiger partial charge in [0.15, 0.2) is 5.75 Å². The standard InChI is InChI=1S/C13H24N2O3/c1-5-7-18-8-6-11(16)13-12(17-4)9-14-15(13)10(2)3/h9-11,16H,5-8H2,1-4H3. The minimum absolute atomic E-state index is 0.190. The first-order valence-electron chi connectivity index (χ1n) is 6.49. The summed E-state index contributed by atoms with van der Waals surface area (Å²) >= 11 is 0. The number of hydrogen-bond donors (Lipinski definition) is 1. The van der Waals surface area contributed by atoms with Crippen molar-refractivity contribution in [2.24, 2.45) is 0 Å². The Morgan fingerprint density at radius 2 is 2.11 bits per heavy atom. The molecule has 1 heterocycles. The van der Waals surface area contributed by atoms with Crippen LogP contribution in [0.1, 0.15) is 51.5 Å². The molecule has 5 nitrogen and oxygen atoms in total. The lowest BCUT2D eigenvalue weighted by Crippen LogP contribution is -2.13. The summed E-state index contributed by atoms with van der Waals surface area (Å²) in [7, 11) is 1.59. The fourth-order valence-electron chi connectivity index (χ4n) is 1.82. The summed E-state index contributed by atoms with van der Waals surface area (Å²) in [5.74, 6) is 0.631. The highest BCUT2D eigenvalue weighted by Crippen LogP contribution is 2.29. The first-order chi connectivity index (χ1) is 8.61. The number of aliphatic hydroxyl groups excluding tert-OH is 1. The maximum atomic E-state index is 10.2. The Labute approximate surface area is 109 Å². The molecule has 0 aliphatic heterocycles. The molecule has 1 unspecified atom stereocenters. The summed E-state index contributed by atoms with van der Waals surface area (Å²) in [6.45, 7) is 7.38. The molecule has 0 amide bonds. The molecular weight excluding hydrogens is 232 g/mol. The van der Waals surface area contributed by atoms with Gasteiger partial charge in [0, 0.05) is 25.7 Å². The second kappa shape index (κ2) is 7.38. The van der Waals surface area contributed by atoms with Crippen LogP contribution in [0.3, 0.4) is 0 Å². The van der Waals surface area contributed by atoms with Crippen LogP contribution in [0.25, 0.3) is 0 Å². The summed E-state index contributed by atoms with van der Waals surface area (Å²) in [6.07, 6.45) is 2.57. The number of methoxy groups -OCH3 is 1. The van der Waals surface area contributed by atoms with Crippen LogP contribution in [0.15, 0.2) is 6.20 Å². The minimum Gasteiger partial charge on any atom is -0.493 e. The van der Waals surface area contributed by atoms with E-state index in [1.807, 2.05) is 13.8 Å². The van der Waals surface area contributed by atoms with Crippen molar-refractivity contribution in [1.29, 1.82) is 0 Å². The number of ether oxygens (including phenoxy) is 2. The van der Waals surface area contributed by atoms with Crippen LogP contribution in [0.2, 0.25) is 0 Å². The van der Waals surface area contributed by atoms with Gasteiger partial charge in [-0.3, -0.25) is 4.68 Å². The van der Waals surface area contributed by atoms with Crippen LogP contribution < -0.4 is 4.74 Å². The van der Waals surface area contributed by atoms with Crippen molar-refractivity contribution in [3.05, 3.63) is 11.9 Å². The van der Waals surface area contributed by atoms with E-state index in [1.165, 1.54) is 0 Å². The average molecular weight is 256 g/mol. The zero-order chi connectivity index (χ0) is 13.5. The van der Waals surface area contributed by atoms with E-state index in [0.29, 0.717) is 18.8 Å². The molecule has 0 aliphatic carbocycles. The smallest absolute Gasteiger partial charge is 0.162 e. The molecule has 0 spiro atoms. The quantitative estimate of drug-likeness (QED) is 0.725. The molecule has 104 valence electrons. The van der Waals surface area contributed by atoms with Crippen molar-refractivity contribution in [2.45, 2.75) is 45.8 Å². The molecule has 0 aromatic carbocycles. The molecule has 5 heteroatoms. The normalized spacial score (nSPS) is 13.0. The maximum absolute atomic E-state index is 10.2. The van der Waals surface area contributed by atoms with Gasteiger partial charge in [0.25, 0.3) is 0 Å². The Balaban J connectivity index is 2.70. The van der Waals surface area contributed by atoms with E-state index in [9.17, 15) is 5.11 Å². The van der Waals surface area contributed by atoms with Gasteiger partial charge < -0.3 is 14.6 Å². The summed E-state index contributed by atoms with van der Waals surface area (Å²) in [4.78, 5) is 0. The summed E-state index contributed by atoms with van der Waals surface area (Å²) in [5.41, 5.74) is 0.729. The predicted molar refractivity (Wildman–Crippen MR) is 69.9 cm³/mol. The van der Waals surface area contributed by atoms with Crippen LogP contribution in [0.4, 0.5) is 0 Å². The molecule has 0 aliphatic rings. The van der Waals surface area contributed by atoms with Gasteiger partial charge in [-0.2, -0.15) is 5.10 Å². The molecule has 0 saturated heterocycles. The van der Waals surface area contributed by atoms with Crippen LogP contribution in [0.5, 0.6) is 5.75 Å². The van der Waals surface area contributed by atoms with Crippen LogP contribution in [0, 0.1) is 0 Å². The molecule has 18 heavy (non-hydrogen) atoms. The van der Waals surface area contributed by atoms with Crippen molar-refractivity contribution in [3.8, 4) is 5.75 Å². The molecule has 1 rings (SSSR count). The number of rotatable bonds is 8. The summed E-state index contributed by atoms with van der Waals surface area (Å²) in [6, 6.07) is 0.190. The summed E-state index contributed by atoms with van der Waals surface area (Å²) < 4.78 is 12.4. The second-order valence-corrected chi connectivity index (χ2v) is 4.55. The van der Waals surface area contributed by atoms with Crippen LogP contribution in [-0.2, 0) is 4.74 Å². The minimum atomic E-state index is -0.610. The lowest BCUT2D eigenvalue weighted by molar-refractivity contribution is 0.0763. The van der Waals surface area contributed by atoms with Gasteiger partial charge in [0.1, 0.15) is 11.8 Å². The maximum Gasteiger partial charge on any atom is 0.162 e. The van der Waals surface area contributed by atoms with Crippen molar-refractivity contribution in [3.63, 3.8) is 0 Å². The monoisotopic (exact) mass is 256 g/mol. The Morgan fingerprint density at radius 3 is 2.67 bits per heavy atom. The number of hydrogen-bond acceptors (Lipinski definition) is 4. The average Bonchev–Trinajstić information content (AvgIpc) is 2.78. The molecule has 0 fully saturated rings. The van der Waals surface area contributed by atoms with Gasteiger partial charge in [-0.15, -0.1) is 0 Å². The zero-order valence-corrected chi connectivity index (χ0v) is 11.7. The molecule has 1 N–H and O–H groups in total. The highest BCUT2D eigenvalue weighted by Gasteiger charge is 2.21. The predicted octanol–water partition coefficient (Wildman–Crippen LogP) is 2.32. The zero-order valence-electron chi connectivity index (χ0n) is 11.7. The van der Waals surface area contributed by atoms with Crippen LogP contribution >= 0.6 is 0 Å². The first kappa shape index (κ1) is 15.0. The van der Waals surface area contributed by atoms with E-state index in [1.54, 1.807) is 18.0 Å². The van der Waals surface area contributed by atoms with Gasteiger partial charge in [-0.05, 0) is 20.3 Å². The van der Waals surface area contributed by atoms with Gasteiger partial charge in [-0.25, -0.2) is 0 Å². The molecule has 0 bridgehead atoms. The van der Waals surface area contributed by atoms with E-state index >= 15 is 0 Å². The molecule has 1 atom stereocenters. The van der Waals surface area contributed by atoms with Gasteiger partial charge in [0.2, 0.25) is 0 Å². The molecule has 0 radical (unpaired) electrons. The Kier molecular flexibility index (Phi) is 6.15. The van der Waals surface area contributed by atoms with E-state index in [2.05, 4.69) is 12.0 Å². The van der Waals surface area contributed by atoms with E-state index in [0.717, 1.165) is 18.7 Å². The summed E-state index contributed by atoms with van der Waals surface area (Å²) in [5, 5.41) is 14.5. The number of aromatic nitrogens is 2. The van der Waals surface area contributed by atoms with E-state index in [4.69, 9.17) is 9.47 Å². The third-order valence-electron chi connectivity index (χ3n) is 2.71. The van der Waals surface area contributed by atoms with Gasteiger partial charge in [-0.1, -0.05) is 6.92 Å². The highest BCUT2D eigenvalue weighted by molar-refractivity contribution is 5.27. The van der Waals surface area contributed by atoms with E-state index in [-0.39, 0.29) is 6.04 Å². The molecule has 1 aromatic rings. The van der Waals surface area contributed by atoms with E-state index < -0.39 is 6.10 Å². The third kappa shape index (κ3) is 3.71. The molecule has 1 aromatic heterocycles. The van der Waals surface area contributed by atoms with Gasteiger partial charge in [0.05, 0.1) is 13.3 Å². The van der Waals surface area contributed by atoms with Crippen molar-refractivity contribution >= 4 is 0 Å². The first-order valence-corrected chi connectivity index (χ1v) is 6.49.